The Morgan fingerprint density at radius 2 is 1.77 bits per heavy atom. The van der Waals surface area contributed by atoms with Gasteiger partial charge in [-0.1, -0.05) is 0 Å². The smallest absolute Gasteiger partial charge is 0.124 e. The van der Waals surface area contributed by atoms with Gasteiger partial charge < -0.3 is 19.7 Å². The molecule has 0 saturated carbocycles. The maximum atomic E-state index is 5.46. The molecule has 0 fully saturated rings. The predicted octanol–water partition coefficient (Wildman–Crippen LogP) is 3.39. The number of hydrogen-bond acceptors (Lipinski definition) is 7. The molecule has 0 spiro atoms. The van der Waals surface area contributed by atoms with E-state index in [9.17, 15) is 0 Å². The minimum atomic E-state index is 0.738. The summed E-state index contributed by atoms with van der Waals surface area (Å²) >= 11 is 0. The van der Waals surface area contributed by atoms with Crippen molar-refractivity contribution in [1.82, 2.24) is 25.5 Å². The zero-order valence-electron chi connectivity index (χ0n) is 17.2. The molecule has 0 bridgehead atoms. The highest BCUT2D eigenvalue weighted by Crippen LogP contribution is 2.33. The van der Waals surface area contributed by atoms with Crippen molar-refractivity contribution in [3.8, 4) is 22.8 Å². The standard InChI is InChI=1S/C22H24N6O2/c1-23-6-7-28(17-8-18(29-2)11-19(9-17)30-3)16-4-5-20-21(10-16)27-22(14-24-20)15-12-25-26-13-15/h4-5,8-14,23H,6-7H2,1-3H3,(H,25,26). The molecule has 8 nitrogen and oxygen atoms in total. The minimum absolute atomic E-state index is 0.738. The molecule has 0 atom stereocenters. The number of nitrogens with zero attached hydrogens (tertiary/aromatic N) is 4. The number of hydrogen-bond donors (Lipinski definition) is 2. The first-order chi connectivity index (χ1) is 14.7. The van der Waals surface area contributed by atoms with E-state index < -0.39 is 0 Å². The van der Waals surface area contributed by atoms with Gasteiger partial charge in [0.2, 0.25) is 0 Å². The van der Waals surface area contributed by atoms with E-state index >= 15 is 0 Å². The second-order valence-electron chi connectivity index (χ2n) is 6.74. The van der Waals surface area contributed by atoms with Gasteiger partial charge in [-0.15, -0.1) is 0 Å². The van der Waals surface area contributed by atoms with Crippen molar-refractivity contribution in [3.05, 3.63) is 55.0 Å². The van der Waals surface area contributed by atoms with E-state index in [4.69, 9.17) is 14.5 Å². The third-order valence-electron chi connectivity index (χ3n) is 4.86. The molecule has 0 aliphatic rings. The number of likely N-dealkylation sites (N-methyl/N-ethyl adjacent to an activating group) is 1. The lowest BCUT2D eigenvalue weighted by Gasteiger charge is -2.26. The van der Waals surface area contributed by atoms with Crippen LogP contribution in [0.2, 0.25) is 0 Å². The molecule has 0 aliphatic heterocycles. The first kappa shape index (κ1) is 19.7. The topological polar surface area (TPSA) is 88.2 Å². The summed E-state index contributed by atoms with van der Waals surface area (Å²) in [5, 5.41) is 10.0. The summed E-state index contributed by atoms with van der Waals surface area (Å²) in [4.78, 5) is 11.5. The van der Waals surface area contributed by atoms with Gasteiger partial charge in [0.1, 0.15) is 11.5 Å². The number of aromatic nitrogens is 4. The molecule has 0 aliphatic carbocycles. The third kappa shape index (κ3) is 4.04. The van der Waals surface area contributed by atoms with Crippen LogP contribution in [-0.2, 0) is 0 Å². The zero-order chi connectivity index (χ0) is 20.9. The first-order valence-electron chi connectivity index (χ1n) is 9.63. The van der Waals surface area contributed by atoms with Crippen LogP contribution >= 0.6 is 0 Å². The fourth-order valence-electron chi connectivity index (χ4n) is 3.28. The van der Waals surface area contributed by atoms with Gasteiger partial charge in [-0.3, -0.25) is 10.1 Å². The van der Waals surface area contributed by atoms with Gasteiger partial charge in [-0.2, -0.15) is 5.10 Å². The summed E-state index contributed by atoms with van der Waals surface area (Å²) in [6, 6.07) is 11.9. The molecule has 4 rings (SSSR count). The number of rotatable bonds is 8. The van der Waals surface area contributed by atoms with Gasteiger partial charge >= 0.3 is 0 Å². The number of benzene rings is 2. The SMILES string of the molecule is CNCCN(c1cc(OC)cc(OC)c1)c1ccc2ncc(-c3cn[nH]c3)nc2c1. The lowest BCUT2D eigenvalue weighted by molar-refractivity contribution is 0.394. The Bertz CT molecular complexity index is 1110. The second kappa shape index (κ2) is 8.79. The number of fused-ring (bicyclic) bond motifs is 1. The quantitative estimate of drug-likeness (QED) is 0.465. The van der Waals surface area contributed by atoms with Crippen LogP contribution in [0.5, 0.6) is 11.5 Å². The van der Waals surface area contributed by atoms with Crippen molar-refractivity contribution in [2.75, 3.05) is 39.3 Å². The molecule has 2 aromatic carbocycles. The lowest BCUT2D eigenvalue weighted by atomic mass is 10.2. The molecule has 4 aromatic rings. The molecule has 0 amide bonds. The van der Waals surface area contributed by atoms with E-state index in [1.54, 1.807) is 32.8 Å². The maximum Gasteiger partial charge on any atom is 0.124 e. The maximum absolute atomic E-state index is 5.46. The number of methoxy groups -OCH3 is 2. The van der Waals surface area contributed by atoms with Crippen molar-refractivity contribution < 1.29 is 9.47 Å². The molecular formula is C22H24N6O2. The first-order valence-corrected chi connectivity index (χ1v) is 9.63. The van der Waals surface area contributed by atoms with Crippen molar-refractivity contribution >= 4 is 22.4 Å². The third-order valence-corrected chi connectivity index (χ3v) is 4.86. The molecule has 30 heavy (non-hydrogen) atoms. The van der Waals surface area contributed by atoms with E-state index in [2.05, 4.69) is 31.5 Å². The molecule has 2 N–H and O–H groups in total. The minimum Gasteiger partial charge on any atom is -0.497 e. The predicted molar refractivity (Wildman–Crippen MR) is 118 cm³/mol. The summed E-state index contributed by atoms with van der Waals surface area (Å²) < 4.78 is 10.9. The average Bonchev–Trinajstić information content (AvgIpc) is 3.33. The monoisotopic (exact) mass is 404 g/mol. The molecule has 2 aromatic heterocycles. The summed E-state index contributed by atoms with van der Waals surface area (Å²) in [5.41, 5.74) is 5.31. The zero-order valence-corrected chi connectivity index (χ0v) is 17.2. The Labute approximate surface area is 174 Å². The van der Waals surface area contributed by atoms with Crippen LogP contribution in [0.25, 0.3) is 22.3 Å². The Hall–Kier alpha value is -3.65. The Morgan fingerprint density at radius 3 is 2.43 bits per heavy atom. The fraction of sp³-hybridized carbons (Fsp3) is 0.227. The summed E-state index contributed by atoms with van der Waals surface area (Å²) in [7, 11) is 5.24. The Balaban J connectivity index is 1.78. The van der Waals surface area contributed by atoms with Gasteiger partial charge in [-0.05, 0) is 25.2 Å². The van der Waals surface area contributed by atoms with E-state index in [1.807, 2.05) is 37.4 Å². The average molecular weight is 404 g/mol. The number of aromatic amines is 1. The summed E-state index contributed by atoms with van der Waals surface area (Å²) in [5.74, 6) is 1.48. The Morgan fingerprint density at radius 1 is 0.967 bits per heavy atom. The van der Waals surface area contributed by atoms with Crippen molar-refractivity contribution in [1.29, 1.82) is 0 Å². The normalized spacial score (nSPS) is 10.9. The van der Waals surface area contributed by atoms with Gasteiger partial charge in [0.05, 0.1) is 43.3 Å². The summed E-state index contributed by atoms with van der Waals surface area (Å²) in [6.07, 6.45) is 5.31. The van der Waals surface area contributed by atoms with Gasteiger partial charge in [0.25, 0.3) is 0 Å². The molecule has 8 heteroatoms. The number of anilines is 2. The van der Waals surface area contributed by atoms with Crippen LogP contribution in [0.4, 0.5) is 11.4 Å². The molecule has 154 valence electrons. The van der Waals surface area contributed by atoms with Crippen LogP contribution in [0, 0.1) is 0 Å². The second-order valence-corrected chi connectivity index (χ2v) is 6.74. The lowest BCUT2D eigenvalue weighted by Crippen LogP contribution is -2.26. The van der Waals surface area contributed by atoms with Crippen molar-refractivity contribution in [2.24, 2.45) is 0 Å². The number of ether oxygens (including phenoxy) is 2. The van der Waals surface area contributed by atoms with Crippen molar-refractivity contribution in [3.63, 3.8) is 0 Å². The highest BCUT2D eigenvalue weighted by Gasteiger charge is 2.14. The van der Waals surface area contributed by atoms with Gasteiger partial charge in [-0.25, -0.2) is 4.98 Å². The van der Waals surface area contributed by atoms with Crippen LogP contribution < -0.4 is 19.7 Å². The highest BCUT2D eigenvalue weighted by atomic mass is 16.5. The number of H-pyrrole nitrogens is 1. The van der Waals surface area contributed by atoms with Crippen LogP contribution in [0.3, 0.4) is 0 Å². The van der Waals surface area contributed by atoms with E-state index in [1.165, 1.54) is 0 Å². The highest BCUT2D eigenvalue weighted by molar-refractivity contribution is 5.82. The van der Waals surface area contributed by atoms with Crippen LogP contribution in [0.15, 0.2) is 55.0 Å². The molecule has 0 saturated heterocycles. The summed E-state index contributed by atoms with van der Waals surface area (Å²) in [6.45, 7) is 1.56. The molecule has 0 radical (unpaired) electrons. The van der Waals surface area contributed by atoms with Crippen LogP contribution in [0.1, 0.15) is 0 Å². The van der Waals surface area contributed by atoms with Crippen LogP contribution in [-0.4, -0.2) is 54.5 Å². The molecular weight excluding hydrogens is 380 g/mol. The van der Waals surface area contributed by atoms with E-state index in [-0.39, 0.29) is 0 Å². The molecule has 0 unspecified atom stereocenters. The Kier molecular flexibility index (Phi) is 5.76. The molecule has 2 heterocycles. The number of nitrogens with one attached hydrogen (secondary N) is 2. The van der Waals surface area contributed by atoms with Gasteiger partial charge in [0.15, 0.2) is 0 Å². The largest absolute Gasteiger partial charge is 0.497 e. The van der Waals surface area contributed by atoms with Gasteiger partial charge in [0, 0.05) is 54.4 Å². The van der Waals surface area contributed by atoms with Crippen molar-refractivity contribution in [2.45, 2.75) is 0 Å². The van der Waals surface area contributed by atoms with E-state index in [0.29, 0.717) is 0 Å². The fourth-order valence-corrected chi connectivity index (χ4v) is 3.28. The van der Waals surface area contributed by atoms with E-state index in [0.717, 1.165) is 58.3 Å².